The highest BCUT2D eigenvalue weighted by Gasteiger charge is 2.29. The summed E-state index contributed by atoms with van der Waals surface area (Å²) in [5.41, 5.74) is 8.27. The second-order valence-corrected chi connectivity index (χ2v) is 7.83. The summed E-state index contributed by atoms with van der Waals surface area (Å²) in [6.45, 7) is 0. The number of allylic oxidation sites excluding steroid dienone is 4. The van der Waals surface area contributed by atoms with E-state index in [1.165, 1.54) is 35.5 Å². The molecule has 3 aromatic rings. The molecule has 0 amide bonds. The molecule has 0 bridgehead atoms. The molecule has 2 aromatic carbocycles. The van der Waals surface area contributed by atoms with E-state index in [0.717, 1.165) is 12.1 Å². The molecule has 2 N–H and O–H groups in total. The molecule has 1 aliphatic carbocycles. The molecule has 0 saturated carbocycles. The SMILES string of the molecule is Nc1ccc2c(c1)sc1cc3c(cc12)SC1=CC=CCC13. The van der Waals surface area contributed by atoms with Crippen LogP contribution in [0.3, 0.4) is 0 Å². The van der Waals surface area contributed by atoms with Crippen molar-refractivity contribution >= 4 is 49.0 Å². The summed E-state index contributed by atoms with van der Waals surface area (Å²) in [6.07, 6.45) is 7.87. The number of nitrogens with two attached hydrogens (primary N) is 1. The number of anilines is 1. The van der Waals surface area contributed by atoms with Gasteiger partial charge in [-0.25, -0.2) is 0 Å². The first kappa shape index (κ1) is 11.9. The second-order valence-electron chi connectivity index (χ2n) is 5.63. The number of rotatable bonds is 0. The van der Waals surface area contributed by atoms with Crippen molar-refractivity contribution in [1.29, 1.82) is 0 Å². The van der Waals surface area contributed by atoms with Crippen LogP contribution >= 0.6 is 23.1 Å². The molecule has 21 heavy (non-hydrogen) atoms. The monoisotopic (exact) mass is 307 g/mol. The summed E-state index contributed by atoms with van der Waals surface area (Å²) in [6, 6.07) is 11.0. The van der Waals surface area contributed by atoms with E-state index < -0.39 is 0 Å². The highest BCUT2D eigenvalue weighted by Crippen LogP contribution is 2.53. The number of thioether (sulfide) groups is 1. The number of thiophene rings is 1. The smallest absolute Gasteiger partial charge is 0.0375 e. The van der Waals surface area contributed by atoms with Crippen molar-refractivity contribution < 1.29 is 0 Å². The summed E-state index contributed by atoms with van der Waals surface area (Å²) in [7, 11) is 0. The highest BCUT2D eigenvalue weighted by molar-refractivity contribution is 8.03. The van der Waals surface area contributed by atoms with Crippen LogP contribution in [0.4, 0.5) is 5.69 Å². The minimum absolute atomic E-state index is 0.578. The maximum absolute atomic E-state index is 5.92. The van der Waals surface area contributed by atoms with Crippen LogP contribution in [0.5, 0.6) is 0 Å². The molecule has 2 heterocycles. The third-order valence-electron chi connectivity index (χ3n) is 4.34. The first-order valence-electron chi connectivity index (χ1n) is 7.10. The van der Waals surface area contributed by atoms with Crippen LogP contribution in [0.2, 0.25) is 0 Å². The fourth-order valence-electron chi connectivity index (χ4n) is 3.32. The van der Waals surface area contributed by atoms with Crippen molar-refractivity contribution in [2.45, 2.75) is 17.2 Å². The van der Waals surface area contributed by atoms with Gasteiger partial charge in [-0.05, 0) is 41.2 Å². The fraction of sp³-hybridized carbons (Fsp3) is 0.111. The van der Waals surface area contributed by atoms with Gasteiger partial charge >= 0.3 is 0 Å². The molecule has 1 unspecified atom stereocenters. The molecule has 1 aromatic heterocycles. The Balaban J connectivity index is 1.80. The molecule has 1 atom stereocenters. The van der Waals surface area contributed by atoms with Gasteiger partial charge in [0.05, 0.1) is 0 Å². The van der Waals surface area contributed by atoms with Crippen LogP contribution in [0.1, 0.15) is 17.9 Å². The van der Waals surface area contributed by atoms with E-state index >= 15 is 0 Å². The fourth-order valence-corrected chi connectivity index (χ4v) is 5.76. The summed E-state index contributed by atoms with van der Waals surface area (Å²) in [5.74, 6) is 0.578. The van der Waals surface area contributed by atoms with Crippen molar-refractivity contribution in [2.24, 2.45) is 0 Å². The lowest BCUT2D eigenvalue weighted by Gasteiger charge is -2.12. The van der Waals surface area contributed by atoms with E-state index in [-0.39, 0.29) is 0 Å². The lowest BCUT2D eigenvalue weighted by atomic mass is 9.92. The number of fused-ring (bicyclic) bond motifs is 6. The molecule has 0 saturated heterocycles. The van der Waals surface area contributed by atoms with E-state index in [2.05, 4.69) is 42.5 Å². The Morgan fingerprint density at radius 1 is 1.05 bits per heavy atom. The van der Waals surface area contributed by atoms with Crippen LogP contribution in [0.15, 0.2) is 58.4 Å². The van der Waals surface area contributed by atoms with Gasteiger partial charge in [0.2, 0.25) is 0 Å². The van der Waals surface area contributed by atoms with Crippen molar-refractivity contribution in [3.63, 3.8) is 0 Å². The quantitative estimate of drug-likeness (QED) is 0.541. The Bertz CT molecular complexity index is 962. The summed E-state index contributed by atoms with van der Waals surface area (Å²) in [5, 5.41) is 2.70. The number of benzene rings is 2. The summed E-state index contributed by atoms with van der Waals surface area (Å²) in [4.78, 5) is 2.93. The largest absolute Gasteiger partial charge is 0.399 e. The maximum atomic E-state index is 5.92. The molecule has 5 rings (SSSR count). The van der Waals surface area contributed by atoms with E-state index in [1.54, 1.807) is 0 Å². The van der Waals surface area contributed by atoms with Crippen molar-refractivity contribution in [1.82, 2.24) is 0 Å². The Kier molecular flexibility index (Phi) is 2.35. The Morgan fingerprint density at radius 3 is 2.90 bits per heavy atom. The molecule has 3 heteroatoms. The molecular weight excluding hydrogens is 294 g/mol. The zero-order chi connectivity index (χ0) is 14.0. The third kappa shape index (κ3) is 1.65. The Labute approximate surface area is 131 Å². The predicted octanol–water partition coefficient (Wildman–Crippen LogP) is 5.67. The molecular formula is C18H13NS2. The van der Waals surface area contributed by atoms with E-state index in [9.17, 15) is 0 Å². The minimum Gasteiger partial charge on any atom is -0.399 e. The first-order chi connectivity index (χ1) is 10.3. The third-order valence-corrected chi connectivity index (χ3v) is 6.69. The molecule has 0 radical (unpaired) electrons. The van der Waals surface area contributed by atoms with Gasteiger partial charge in [-0.1, -0.05) is 36.1 Å². The first-order valence-corrected chi connectivity index (χ1v) is 8.73. The second kappa shape index (κ2) is 4.15. The van der Waals surface area contributed by atoms with Gasteiger partial charge in [-0.2, -0.15) is 0 Å². The van der Waals surface area contributed by atoms with Gasteiger partial charge in [-0.3, -0.25) is 0 Å². The molecule has 0 fully saturated rings. The average Bonchev–Trinajstić information content (AvgIpc) is 3.01. The van der Waals surface area contributed by atoms with Gasteiger partial charge in [0.1, 0.15) is 0 Å². The Morgan fingerprint density at radius 2 is 1.95 bits per heavy atom. The molecule has 2 aliphatic rings. The van der Waals surface area contributed by atoms with Crippen LogP contribution < -0.4 is 5.73 Å². The highest BCUT2D eigenvalue weighted by atomic mass is 32.2. The Hall–Kier alpha value is -1.71. The molecule has 102 valence electrons. The van der Waals surface area contributed by atoms with Crippen LogP contribution in [-0.4, -0.2) is 0 Å². The van der Waals surface area contributed by atoms with Crippen LogP contribution in [-0.2, 0) is 0 Å². The zero-order valence-electron chi connectivity index (χ0n) is 11.3. The molecule has 1 nitrogen and oxygen atoms in total. The van der Waals surface area contributed by atoms with Crippen molar-refractivity contribution in [3.05, 3.63) is 59.0 Å². The predicted molar refractivity (Wildman–Crippen MR) is 94.2 cm³/mol. The van der Waals surface area contributed by atoms with Gasteiger partial charge in [0.15, 0.2) is 0 Å². The van der Waals surface area contributed by atoms with Crippen LogP contribution in [0, 0.1) is 0 Å². The summed E-state index contributed by atoms with van der Waals surface area (Å²) >= 11 is 3.79. The standard InChI is InChI=1S/C18H13NS2/c19-10-5-6-12-14-9-17-13(8-18(14)21-16(12)7-10)11-3-1-2-4-15(11)20-17/h1-2,4-9,11H,3,19H2. The maximum Gasteiger partial charge on any atom is 0.0375 e. The lowest BCUT2D eigenvalue weighted by molar-refractivity contribution is 0.840. The average molecular weight is 307 g/mol. The van der Waals surface area contributed by atoms with Gasteiger partial charge in [0.25, 0.3) is 0 Å². The zero-order valence-corrected chi connectivity index (χ0v) is 12.9. The van der Waals surface area contributed by atoms with Gasteiger partial charge in [-0.15, -0.1) is 11.3 Å². The normalized spacial score (nSPS) is 19.8. The minimum atomic E-state index is 0.578. The van der Waals surface area contributed by atoms with Gasteiger partial charge in [0, 0.05) is 36.7 Å². The molecule has 1 aliphatic heterocycles. The van der Waals surface area contributed by atoms with E-state index in [4.69, 9.17) is 5.73 Å². The number of hydrogen-bond acceptors (Lipinski definition) is 3. The van der Waals surface area contributed by atoms with Gasteiger partial charge < -0.3 is 5.73 Å². The summed E-state index contributed by atoms with van der Waals surface area (Å²) < 4.78 is 2.67. The number of nitrogen functional groups attached to an aromatic ring is 1. The van der Waals surface area contributed by atoms with E-state index in [0.29, 0.717) is 5.92 Å². The number of hydrogen-bond donors (Lipinski definition) is 1. The topological polar surface area (TPSA) is 26.0 Å². The van der Waals surface area contributed by atoms with Crippen molar-refractivity contribution in [3.8, 4) is 0 Å². The van der Waals surface area contributed by atoms with Crippen molar-refractivity contribution in [2.75, 3.05) is 5.73 Å². The molecule has 0 spiro atoms. The lowest BCUT2D eigenvalue weighted by Crippen LogP contribution is -1.96. The van der Waals surface area contributed by atoms with Crippen LogP contribution in [0.25, 0.3) is 20.2 Å². The van der Waals surface area contributed by atoms with E-state index in [1.807, 2.05) is 29.2 Å².